The van der Waals surface area contributed by atoms with Gasteiger partial charge < -0.3 is 20.3 Å². The number of anilines is 1. The third kappa shape index (κ3) is 4.91. The fourth-order valence-corrected chi connectivity index (χ4v) is 1.65. The van der Waals surface area contributed by atoms with Crippen LogP contribution in [0.1, 0.15) is 33.3 Å². The van der Waals surface area contributed by atoms with Gasteiger partial charge in [0, 0.05) is 0 Å². The molecule has 1 unspecified atom stereocenters. The molecule has 4 N–H and O–H groups in total. The number of hydrogen-bond acceptors (Lipinski definition) is 5. The Morgan fingerprint density at radius 1 is 1.33 bits per heavy atom. The maximum Gasteiger partial charge on any atom is 0.412 e. The Morgan fingerprint density at radius 3 is 2.43 bits per heavy atom. The van der Waals surface area contributed by atoms with Gasteiger partial charge >= 0.3 is 6.09 Å². The third-order valence-electron chi connectivity index (χ3n) is 2.83. The number of carbonyl (C=O) groups is 1. The summed E-state index contributed by atoms with van der Waals surface area (Å²) in [6.45, 7) is 6.87. The summed E-state index contributed by atoms with van der Waals surface area (Å²) in [5.74, 6) is 0.448. The van der Waals surface area contributed by atoms with E-state index in [1.54, 1.807) is 45.9 Å². The topological polar surface area (TPSA) is 93.8 Å². The summed E-state index contributed by atoms with van der Waals surface area (Å²) >= 11 is 0. The predicted molar refractivity (Wildman–Crippen MR) is 81.5 cm³/mol. The van der Waals surface area contributed by atoms with Gasteiger partial charge in [-0.2, -0.15) is 0 Å². The molecule has 0 heterocycles. The van der Waals surface area contributed by atoms with Crippen molar-refractivity contribution < 1.29 is 19.4 Å². The largest absolute Gasteiger partial charge is 0.495 e. The number of ether oxygens (including phenoxy) is 2. The first-order valence-electron chi connectivity index (χ1n) is 6.67. The van der Waals surface area contributed by atoms with Crippen molar-refractivity contribution in [1.29, 1.82) is 0 Å². The van der Waals surface area contributed by atoms with E-state index in [2.05, 4.69) is 5.32 Å². The zero-order valence-corrected chi connectivity index (χ0v) is 13.2. The maximum atomic E-state index is 11.8. The Labute approximate surface area is 125 Å². The summed E-state index contributed by atoms with van der Waals surface area (Å²) in [4.78, 5) is 11.8. The van der Waals surface area contributed by atoms with E-state index in [-0.39, 0.29) is 6.61 Å². The molecule has 1 atom stereocenters. The summed E-state index contributed by atoms with van der Waals surface area (Å²) in [7, 11) is 1.49. The van der Waals surface area contributed by atoms with Crippen LogP contribution in [0.5, 0.6) is 5.75 Å². The van der Waals surface area contributed by atoms with Crippen LogP contribution in [0, 0.1) is 0 Å². The van der Waals surface area contributed by atoms with E-state index < -0.39 is 17.2 Å². The minimum atomic E-state index is -0.877. The van der Waals surface area contributed by atoms with Crippen LogP contribution in [0.15, 0.2) is 18.2 Å². The molecule has 0 aliphatic carbocycles. The molecule has 6 heteroatoms. The molecule has 118 valence electrons. The van der Waals surface area contributed by atoms with E-state index in [1.807, 2.05) is 0 Å². The highest BCUT2D eigenvalue weighted by Gasteiger charge is 2.22. The second-order valence-electron chi connectivity index (χ2n) is 6.12. The monoisotopic (exact) mass is 296 g/mol. The maximum absolute atomic E-state index is 11.8. The Kier molecular flexibility index (Phi) is 5.20. The van der Waals surface area contributed by atoms with Crippen molar-refractivity contribution in [2.75, 3.05) is 19.0 Å². The lowest BCUT2D eigenvalue weighted by Crippen LogP contribution is -2.36. The van der Waals surface area contributed by atoms with Crippen molar-refractivity contribution >= 4 is 11.8 Å². The first kappa shape index (κ1) is 17.3. The van der Waals surface area contributed by atoms with Gasteiger partial charge in [-0.1, -0.05) is 6.07 Å². The zero-order chi connectivity index (χ0) is 16.3. The van der Waals surface area contributed by atoms with Crippen LogP contribution in [0.4, 0.5) is 10.5 Å². The number of rotatable bonds is 4. The average molecular weight is 296 g/mol. The molecular formula is C15H24N2O4. The lowest BCUT2D eigenvalue weighted by molar-refractivity contribution is 0.0635. The van der Waals surface area contributed by atoms with E-state index in [0.29, 0.717) is 17.0 Å². The van der Waals surface area contributed by atoms with Crippen molar-refractivity contribution in [3.8, 4) is 5.75 Å². The quantitative estimate of drug-likeness (QED) is 0.792. The Balaban J connectivity index is 2.97. The van der Waals surface area contributed by atoms with Gasteiger partial charge in [0.25, 0.3) is 0 Å². The molecule has 1 aromatic rings. The number of aliphatic hydroxyl groups excluding tert-OH is 1. The van der Waals surface area contributed by atoms with Gasteiger partial charge in [0.2, 0.25) is 0 Å². The first-order valence-corrected chi connectivity index (χ1v) is 6.67. The SMILES string of the molecule is COc1cc(C(C)(N)CO)ccc1NC(=O)OC(C)(C)C. The number of benzene rings is 1. The van der Waals surface area contributed by atoms with E-state index in [9.17, 15) is 9.90 Å². The lowest BCUT2D eigenvalue weighted by atomic mass is 9.94. The van der Waals surface area contributed by atoms with E-state index in [4.69, 9.17) is 15.2 Å². The molecule has 0 aliphatic rings. The molecule has 1 rings (SSSR count). The second-order valence-corrected chi connectivity index (χ2v) is 6.12. The summed E-state index contributed by atoms with van der Waals surface area (Å²) in [5.41, 5.74) is 5.70. The first-order chi connectivity index (χ1) is 9.59. The fraction of sp³-hybridized carbons (Fsp3) is 0.533. The number of aliphatic hydroxyl groups is 1. The zero-order valence-electron chi connectivity index (χ0n) is 13.2. The van der Waals surface area contributed by atoms with E-state index >= 15 is 0 Å². The Morgan fingerprint density at radius 2 is 1.95 bits per heavy atom. The highest BCUT2D eigenvalue weighted by molar-refractivity contribution is 5.87. The molecule has 21 heavy (non-hydrogen) atoms. The molecule has 0 bridgehead atoms. The summed E-state index contributed by atoms with van der Waals surface area (Å²) in [5, 5.41) is 11.9. The average Bonchev–Trinajstić information content (AvgIpc) is 2.36. The smallest absolute Gasteiger partial charge is 0.412 e. The summed E-state index contributed by atoms with van der Waals surface area (Å²) in [6, 6.07) is 5.08. The number of nitrogens with one attached hydrogen (secondary N) is 1. The van der Waals surface area contributed by atoms with Crippen LogP contribution in [0.3, 0.4) is 0 Å². The minimum Gasteiger partial charge on any atom is -0.495 e. The van der Waals surface area contributed by atoms with Gasteiger partial charge in [-0.05, 0) is 45.4 Å². The van der Waals surface area contributed by atoms with Crippen LogP contribution < -0.4 is 15.8 Å². The summed E-state index contributed by atoms with van der Waals surface area (Å²) in [6.07, 6.45) is -0.564. The normalized spacial score (nSPS) is 14.2. The number of nitrogens with two attached hydrogens (primary N) is 1. The molecule has 0 saturated carbocycles. The second kappa shape index (κ2) is 6.32. The van der Waals surface area contributed by atoms with Gasteiger partial charge in [-0.15, -0.1) is 0 Å². The van der Waals surface area contributed by atoms with Gasteiger partial charge in [0.15, 0.2) is 0 Å². The fourth-order valence-electron chi connectivity index (χ4n) is 1.65. The molecule has 0 fully saturated rings. The van der Waals surface area contributed by atoms with E-state index in [1.165, 1.54) is 7.11 Å². The number of amides is 1. The number of hydrogen-bond donors (Lipinski definition) is 3. The van der Waals surface area contributed by atoms with Crippen molar-refractivity contribution in [1.82, 2.24) is 0 Å². The Bertz CT molecular complexity index is 507. The molecular weight excluding hydrogens is 272 g/mol. The van der Waals surface area contributed by atoms with Gasteiger partial charge in [-0.3, -0.25) is 5.32 Å². The van der Waals surface area contributed by atoms with Crippen LogP contribution in [0.2, 0.25) is 0 Å². The molecule has 1 amide bonds. The highest BCUT2D eigenvalue weighted by Crippen LogP contribution is 2.30. The van der Waals surface area contributed by atoms with E-state index in [0.717, 1.165) is 0 Å². The van der Waals surface area contributed by atoms with Crippen LogP contribution in [-0.4, -0.2) is 30.5 Å². The van der Waals surface area contributed by atoms with Crippen LogP contribution >= 0.6 is 0 Å². The molecule has 6 nitrogen and oxygen atoms in total. The molecule has 0 aromatic heterocycles. The summed E-state index contributed by atoms with van der Waals surface area (Å²) < 4.78 is 10.4. The van der Waals surface area contributed by atoms with Gasteiger partial charge in [0.05, 0.1) is 24.9 Å². The predicted octanol–water partition coefficient (Wildman–Crippen LogP) is 2.21. The van der Waals surface area contributed by atoms with Crippen LogP contribution in [-0.2, 0) is 10.3 Å². The number of carbonyl (C=O) groups excluding carboxylic acids is 1. The molecule has 0 saturated heterocycles. The Hall–Kier alpha value is -1.79. The highest BCUT2D eigenvalue weighted by atomic mass is 16.6. The molecule has 0 radical (unpaired) electrons. The minimum absolute atomic E-state index is 0.199. The molecule has 0 spiro atoms. The van der Waals surface area contributed by atoms with Gasteiger partial charge in [0.1, 0.15) is 11.4 Å². The molecule has 0 aliphatic heterocycles. The van der Waals surface area contributed by atoms with Crippen molar-refractivity contribution in [3.63, 3.8) is 0 Å². The standard InChI is InChI=1S/C15H24N2O4/c1-14(2,3)21-13(19)17-11-7-6-10(8-12(11)20-5)15(4,16)9-18/h6-8,18H,9,16H2,1-5H3,(H,17,19). The van der Waals surface area contributed by atoms with Crippen molar-refractivity contribution in [2.45, 2.75) is 38.8 Å². The van der Waals surface area contributed by atoms with Crippen molar-refractivity contribution in [3.05, 3.63) is 23.8 Å². The van der Waals surface area contributed by atoms with Crippen LogP contribution in [0.25, 0.3) is 0 Å². The van der Waals surface area contributed by atoms with Gasteiger partial charge in [-0.25, -0.2) is 4.79 Å². The lowest BCUT2D eigenvalue weighted by Gasteiger charge is -2.24. The van der Waals surface area contributed by atoms with Crippen molar-refractivity contribution in [2.24, 2.45) is 5.73 Å². The third-order valence-corrected chi connectivity index (χ3v) is 2.83. The number of methoxy groups -OCH3 is 1. The molecule has 1 aromatic carbocycles.